The second-order valence-electron chi connectivity index (χ2n) is 7.25. The van der Waals surface area contributed by atoms with Crippen LogP contribution in [-0.2, 0) is 4.79 Å². The van der Waals surface area contributed by atoms with Gasteiger partial charge >= 0.3 is 6.03 Å². The summed E-state index contributed by atoms with van der Waals surface area (Å²) >= 11 is 0. The van der Waals surface area contributed by atoms with Gasteiger partial charge < -0.3 is 25.4 Å². The highest BCUT2D eigenvalue weighted by molar-refractivity contribution is 5.98. The molecule has 4 rings (SSSR count). The normalized spacial score (nSPS) is 15.2. The van der Waals surface area contributed by atoms with Gasteiger partial charge in [0.05, 0.1) is 0 Å². The lowest BCUT2D eigenvalue weighted by Gasteiger charge is -2.36. The van der Waals surface area contributed by atoms with E-state index >= 15 is 0 Å². The molecule has 0 saturated carbocycles. The molecule has 1 unspecified atom stereocenters. The maximum atomic E-state index is 12.6. The van der Waals surface area contributed by atoms with Crippen molar-refractivity contribution in [1.29, 1.82) is 0 Å². The first-order chi connectivity index (χ1) is 14.1. The van der Waals surface area contributed by atoms with E-state index in [1.54, 1.807) is 11.8 Å². The van der Waals surface area contributed by atoms with E-state index in [2.05, 4.69) is 32.7 Å². The van der Waals surface area contributed by atoms with E-state index in [1.807, 2.05) is 48.7 Å². The Balaban J connectivity index is 1.28. The number of nitrogens with one attached hydrogen (secondary N) is 3. The van der Waals surface area contributed by atoms with E-state index in [9.17, 15) is 9.59 Å². The summed E-state index contributed by atoms with van der Waals surface area (Å²) in [6.07, 6.45) is 1.86. The molecule has 1 aliphatic heterocycles. The predicted molar refractivity (Wildman–Crippen MR) is 115 cm³/mol. The second kappa shape index (κ2) is 8.26. The van der Waals surface area contributed by atoms with E-state index in [1.165, 1.54) is 5.69 Å². The Morgan fingerprint density at radius 2 is 1.76 bits per heavy atom. The first kappa shape index (κ1) is 18.9. The number of amides is 3. The number of H-pyrrole nitrogens is 1. The zero-order valence-corrected chi connectivity index (χ0v) is 16.4. The van der Waals surface area contributed by atoms with E-state index in [4.69, 9.17) is 0 Å². The van der Waals surface area contributed by atoms with Gasteiger partial charge in [-0.15, -0.1) is 0 Å². The van der Waals surface area contributed by atoms with Gasteiger partial charge in [-0.3, -0.25) is 4.79 Å². The van der Waals surface area contributed by atoms with Crippen molar-refractivity contribution in [3.8, 4) is 0 Å². The minimum Gasteiger partial charge on any atom is -0.368 e. The van der Waals surface area contributed by atoms with Crippen LogP contribution in [0.4, 0.5) is 16.2 Å². The Bertz CT molecular complexity index is 993. The molecule has 1 saturated heterocycles. The molecule has 1 aromatic heterocycles. The first-order valence-electron chi connectivity index (χ1n) is 9.83. The lowest BCUT2D eigenvalue weighted by molar-refractivity contribution is -0.117. The Kier molecular flexibility index (Phi) is 5.37. The lowest BCUT2D eigenvalue weighted by atomic mass is 10.2. The summed E-state index contributed by atoms with van der Waals surface area (Å²) in [5.74, 6) is -0.240. The molecule has 1 atom stereocenters. The number of benzene rings is 2. The van der Waals surface area contributed by atoms with E-state index in [0.29, 0.717) is 18.8 Å². The molecule has 7 heteroatoms. The van der Waals surface area contributed by atoms with Crippen LogP contribution in [-0.4, -0.2) is 54.0 Å². The zero-order chi connectivity index (χ0) is 20.2. The molecular formula is C22H25N5O2. The molecule has 3 aromatic rings. The van der Waals surface area contributed by atoms with Gasteiger partial charge in [-0.25, -0.2) is 4.79 Å². The third kappa shape index (κ3) is 4.34. The number of hydrogen-bond donors (Lipinski definition) is 3. The van der Waals surface area contributed by atoms with Crippen molar-refractivity contribution in [2.24, 2.45) is 0 Å². The van der Waals surface area contributed by atoms with Crippen molar-refractivity contribution in [2.75, 3.05) is 36.4 Å². The molecule has 0 bridgehead atoms. The fourth-order valence-corrected chi connectivity index (χ4v) is 3.53. The molecule has 150 valence electrons. The fourth-order valence-electron chi connectivity index (χ4n) is 3.53. The van der Waals surface area contributed by atoms with E-state index < -0.39 is 6.04 Å². The summed E-state index contributed by atoms with van der Waals surface area (Å²) in [7, 11) is 0. The van der Waals surface area contributed by atoms with Crippen LogP contribution in [0, 0.1) is 0 Å². The molecule has 2 aromatic carbocycles. The van der Waals surface area contributed by atoms with Gasteiger partial charge in [-0.05, 0) is 43.3 Å². The summed E-state index contributed by atoms with van der Waals surface area (Å²) in [6.45, 7) is 4.49. The number of rotatable bonds is 4. The number of aromatic amines is 1. The molecule has 2 heterocycles. The number of piperazine rings is 1. The van der Waals surface area contributed by atoms with Crippen LogP contribution >= 0.6 is 0 Å². The number of nitrogens with zero attached hydrogens (tertiary/aromatic N) is 2. The Morgan fingerprint density at radius 1 is 1.00 bits per heavy atom. The number of fused-ring (bicyclic) bond motifs is 1. The molecule has 3 amide bonds. The highest BCUT2D eigenvalue weighted by Gasteiger charge is 2.24. The largest absolute Gasteiger partial charge is 0.368 e. The zero-order valence-electron chi connectivity index (χ0n) is 16.4. The van der Waals surface area contributed by atoms with Crippen molar-refractivity contribution in [3.05, 3.63) is 60.8 Å². The average Bonchev–Trinajstić information content (AvgIpc) is 3.22. The maximum Gasteiger partial charge on any atom is 0.318 e. The third-order valence-electron chi connectivity index (χ3n) is 5.24. The Morgan fingerprint density at radius 3 is 2.52 bits per heavy atom. The highest BCUT2D eigenvalue weighted by Crippen LogP contribution is 2.18. The van der Waals surface area contributed by atoms with Crippen LogP contribution in [0.1, 0.15) is 6.92 Å². The number of carbonyl (C=O) groups excluding carboxylic acids is 2. The number of aromatic nitrogens is 1. The molecule has 0 radical (unpaired) electrons. The molecule has 0 spiro atoms. The summed E-state index contributed by atoms with van der Waals surface area (Å²) < 4.78 is 0. The fraction of sp³-hybridized carbons (Fsp3) is 0.273. The van der Waals surface area contributed by atoms with Crippen molar-refractivity contribution in [1.82, 2.24) is 15.2 Å². The van der Waals surface area contributed by atoms with Crippen LogP contribution in [0.3, 0.4) is 0 Å². The summed E-state index contributed by atoms with van der Waals surface area (Å²) in [5.41, 5.74) is 2.89. The van der Waals surface area contributed by atoms with Crippen LogP contribution < -0.4 is 15.5 Å². The Hall–Kier alpha value is -3.48. The second-order valence-corrected chi connectivity index (χ2v) is 7.25. The van der Waals surface area contributed by atoms with Gasteiger partial charge in [0.1, 0.15) is 6.04 Å². The topological polar surface area (TPSA) is 80.5 Å². The monoisotopic (exact) mass is 391 g/mol. The molecule has 7 nitrogen and oxygen atoms in total. The number of anilines is 2. The van der Waals surface area contributed by atoms with Gasteiger partial charge in [0.25, 0.3) is 0 Å². The summed E-state index contributed by atoms with van der Waals surface area (Å²) in [5, 5.41) is 6.70. The maximum absolute atomic E-state index is 12.6. The van der Waals surface area contributed by atoms with Gasteiger partial charge in [0.2, 0.25) is 5.91 Å². The van der Waals surface area contributed by atoms with E-state index in [-0.39, 0.29) is 11.9 Å². The van der Waals surface area contributed by atoms with Gasteiger partial charge in [-0.2, -0.15) is 0 Å². The standard InChI is InChI=1S/C22H25N5O2/c1-16(21(28)25-18-7-8-20-17(15-18)9-10-23-20)24-22(29)27-13-11-26(12-14-27)19-5-3-2-4-6-19/h2-10,15-16,23H,11-14H2,1H3,(H,24,29)(H,25,28). The van der Waals surface area contributed by atoms with Crippen molar-refractivity contribution in [3.63, 3.8) is 0 Å². The summed E-state index contributed by atoms with van der Waals surface area (Å²) in [6, 6.07) is 17.0. The van der Waals surface area contributed by atoms with Gasteiger partial charge in [0, 0.05) is 54.7 Å². The number of para-hydroxylation sites is 1. The molecule has 0 aliphatic carbocycles. The van der Waals surface area contributed by atoms with E-state index in [0.717, 1.165) is 24.0 Å². The number of hydrogen-bond acceptors (Lipinski definition) is 3. The van der Waals surface area contributed by atoms with Crippen molar-refractivity contribution >= 4 is 34.2 Å². The quantitative estimate of drug-likeness (QED) is 0.640. The smallest absolute Gasteiger partial charge is 0.318 e. The third-order valence-corrected chi connectivity index (χ3v) is 5.24. The molecule has 29 heavy (non-hydrogen) atoms. The molecular weight excluding hydrogens is 366 g/mol. The van der Waals surface area contributed by atoms with Gasteiger partial charge in [-0.1, -0.05) is 18.2 Å². The van der Waals surface area contributed by atoms with Gasteiger partial charge in [0.15, 0.2) is 0 Å². The number of urea groups is 1. The van der Waals surface area contributed by atoms with Crippen LogP contribution in [0.15, 0.2) is 60.8 Å². The van der Waals surface area contributed by atoms with Crippen LogP contribution in [0.25, 0.3) is 10.9 Å². The minimum atomic E-state index is -0.628. The van der Waals surface area contributed by atoms with Crippen LogP contribution in [0.5, 0.6) is 0 Å². The highest BCUT2D eigenvalue weighted by atomic mass is 16.2. The summed E-state index contributed by atoms with van der Waals surface area (Å²) in [4.78, 5) is 32.2. The molecule has 3 N–H and O–H groups in total. The Labute approximate surface area is 169 Å². The molecule has 1 fully saturated rings. The predicted octanol–water partition coefficient (Wildman–Crippen LogP) is 3.03. The van der Waals surface area contributed by atoms with Crippen molar-refractivity contribution in [2.45, 2.75) is 13.0 Å². The minimum absolute atomic E-state index is 0.207. The number of carbonyl (C=O) groups is 2. The SMILES string of the molecule is CC(NC(=O)N1CCN(c2ccccc2)CC1)C(=O)Nc1ccc2[nH]ccc2c1. The molecule has 1 aliphatic rings. The van der Waals surface area contributed by atoms with Crippen molar-refractivity contribution < 1.29 is 9.59 Å². The lowest BCUT2D eigenvalue weighted by Crippen LogP contribution is -2.54. The average molecular weight is 391 g/mol. The van der Waals surface area contributed by atoms with Crippen LogP contribution in [0.2, 0.25) is 0 Å². The first-order valence-corrected chi connectivity index (χ1v) is 9.83.